The monoisotopic (exact) mass is 344 g/mol. The largest absolute Gasteiger partial charge is 0.342 e. The number of rotatable bonds is 3. The summed E-state index contributed by atoms with van der Waals surface area (Å²) in [5.74, 6) is 0.344. The van der Waals surface area contributed by atoms with Crippen LogP contribution in [0.3, 0.4) is 0 Å². The molecular weight excluding hydrogens is 316 g/mol. The number of benzene rings is 1. The minimum Gasteiger partial charge on any atom is -0.342 e. The molecule has 0 aromatic heterocycles. The molecule has 1 aliphatic carbocycles. The fourth-order valence-electron chi connectivity index (χ4n) is 3.83. The van der Waals surface area contributed by atoms with Gasteiger partial charge in [0.05, 0.1) is 0 Å². The van der Waals surface area contributed by atoms with Gasteiger partial charge in [0.25, 0.3) is 0 Å². The lowest BCUT2D eigenvalue weighted by atomic mass is 9.85. The lowest BCUT2D eigenvalue weighted by Crippen LogP contribution is -2.49. The van der Waals surface area contributed by atoms with Gasteiger partial charge in [-0.25, -0.2) is 4.79 Å². The maximum absolute atomic E-state index is 12.6. The number of hydrogen-bond donors (Lipinski definition) is 3. The Morgan fingerprint density at radius 2 is 1.76 bits per heavy atom. The van der Waals surface area contributed by atoms with Crippen molar-refractivity contribution in [1.29, 1.82) is 0 Å². The van der Waals surface area contributed by atoms with E-state index in [2.05, 4.69) is 10.6 Å². The molecule has 1 aliphatic heterocycles. The Bertz CT molecular complexity index is 584. The summed E-state index contributed by atoms with van der Waals surface area (Å²) in [6.07, 6.45) is 5.46. The summed E-state index contributed by atoms with van der Waals surface area (Å²) >= 11 is 0. The van der Waals surface area contributed by atoms with Crippen LogP contribution in [0.2, 0.25) is 0 Å². The highest BCUT2D eigenvalue weighted by Crippen LogP contribution is 2.26. The summed E-state index contributed by atoms with van der Waals surface area (Å²) in [4.78, 5) is 26.7. The summed E-state index contributed by atoms with van der Waals surface area (Å²) < 4.78 is 0. The maximum atomic E-state index is 12.6. The van der Waals surface area contributed by atoms with Gasteiger partial charge in [-0.15, -0.1) is 0 Å². The molecule has 1 aromatic rings. The second-order valence-electron chi connectivity index (χ2n) is 7.19. The van der Waals surface area contributed by atoms with E-state index in [1.165, 1.54) is 0 Å². The minimum atomic E-state index is -0.186. The van der Waals surface area contributed by atoms with Crippen molar-refractivity contribution in [2.75, 3.05) is 18.4 Å². The third-order valence-corrected chi connectivity index (χ3v) is 5.24. The molecule has 1 heterocycles. The van der Waals surface area contributed by atoms with Crippen LogP contribution < -0.4 is 16.4 Å². The minimum absolute atomic E-state index is 0.0923. The van der Waals surface area contributed by atoms with Crippen LogP contribution in [0.4, 0.5) is 10.5 Å². The predicted octanol–water partition coefficient (Wildman–Crippen LogP) is 2.32. The maximum Gasteiger partial charge on any atom is 0.319 e. The zero-order valence-electron chi connectivity index (χ0n) is 14.6. The Kier molecular flexibility index (Phi) is 5.91. The van der Waals surface area contributed by atoms with E-state index in [0.717, 1.165) is 44.2 Å². The van der Waals surface area contributed by atoms with Crippen LogP contribution in [-0.4, -0.2) is 42.0 Å². The van der Waals surface area contributed by atoms with Crippen molar-refractivity contribution < 1.29 is 9.59 Å². The van der Waals surface area contributed by atoms with E-state index < -0.39 is 0 Å². The van der Waals surface area contributed by atoms with Crippen molar-refractivity contribution in [2.45, 2.75) is 50.6 Å². The average molecular weight is 344 g/mol. The van der Waals surface area contributed by atoms with Crippen LogP contribution in [-0.2, 0) is 4.79 Å². The standard InChI is InChI=1S/C19H28N4O2/c20-15-6-4-5-14(13-15)18(24)23-11-9-17(10-12-23)22-19(25)21-16-7-2-1-3-8-16/h1-3,7-8,14-15,17H,4-6,9-13,20H2,(H2,21,22,25). The van der Waals surface area contributed by atoms with E-state index in [1.807, 2.05) is 35.2 Å². The third kappa shape index (κ3) is 4.95. The van der Waals surface area contributed by atoms with E-state index >= 15 is 0 Å². The number of amides is 3. The van der Waals surface area contributed by atoms with Crippen LogP contribution in [0.1, 0.15) is 38.5 Å². The fraction of sp³-hybridized carbons (Fsp3) is 0.579. The Morgan fingerprint density at radius 1 is 1.04 bits per heavy atom. The van der Waals surface area contributed by atoms with Crippen LogP contribution >= 0.6 is 0 Å². The molecule has 4 N–H and O–H groups in total. The van der Waals surface area contributed by atoms with Crippen molar-refractivity contribution in [1.82, 2.24) is 10.2 Å². The SMILES string of the molecule is NC1CCCC(C(=O)N2CCC(NC(=O)Nc3ccccc3)CC2)C1. The molecule has 0 bridgehead atoms. The molecule has 1 saturated carbocycles. The fourth-order valence-corrected chi connectivity index (χ4v) is 3.83. The summed E-state index contributed by atoms with van der Waals surface area (Å²) in [6.45, 7) is 1.42. The van der Waals surface area contributed by atoms with Crippen molar-refractivity contribution in [2.24, 2.45) is 11.7 Å². The number of para-hydroxylation sites is 1. The summed E-state index contributed by atoms with van der Waals surface area (Å²) in [5.41, 5.74) is 6.79. The van der Waals surface area contributed by atoms with Crippen LogP contribution in [0.5, 0.6) is 0 Å². The van der Waals surface area contributed by atoms with Crippen molar-refractivity contribution in [3.8, 4) is 0 Å². The Morgan fingerprint density at radius 3 is 2.44 bits per heavy atom. The Hall–Kier alpha value is -2.08. The molecule has 3 amide bonds. The number of nitrogens with one attached hydrogen (secondary N) is 2. The lowest BCUT2D eigenvalue weighted by molar-refractivity contribution is -0.137. The van der Waals surface area contributed by atoms with Crippen molar-refractivity contribution >= 4 is 17.6 Å². The van der Waals surface area contributed by atoms with Crippen LogP contribution in [0.25, 0.3) is 0 Å². The molecule has 136 valence electrons. The van der Waals surface area contributed by atoms with E-state index in [0.29, 0.717) is 13.1 Å². The number of carbonyl (C=O) groups is 2. The van der Waals surface area contributed by atoms with Gasteiger partial charge in [0.1, 0.15) is 0 Å². The number of carbonyl (C=O) groups excluding carboxylic acids is 2. The lowest BCUT2D eigenvalue weighted by Gasteiger charge is -2.36. The Labute approximate surface area is 149 Å². The molecule has 2 atom stereocenters. The van der Waals surface area contributed by atoms with Gasteiger partial charge in [0.2, 0.25) is 5.91 Å². The number of urea groups is 1. The van der Waals surface area contributed by atoms with E-state index in [-0.39, 0.29) is 29.9 Å². The third-order valence-electron chi connectivity index (χ3n) is 5.24. The number of nitrogens with two attached hydrogens (primary N) is 1. The topological polar surface area (TPSA) is 87.5 Å². The smallest absolute Gasteiger partial charge is 0.319 e. The number of anilines is 1. The first kappa shape index (κ1) is 17.7. The molecular formula is C19H28N4O2. The number of likely N-dealkylation sites (tertiary alicyclic amines) is 1. The predicted molar refractivity (Wildman–Crippen MR) is 98.1 cm³/mol. The molecule has 6 heteroatoms. The van der Waals surface area contributed by atoms with Gasteiger partial charge >= 0.3 is 6.03 Å². The van der Waals surface area contributed by atoms with E-state index in [4.69, 9.17) is 5.73 Å². The van der Waals surface area contributed by atoms with Crippen molar-refractivity contribution in [3.05, 3.63) is 30.3 Å². The highest BCUT2D eigenvalue weighted by molar-refractivity contribution is 5.89. The van der Waals surface area contributed by atoms with Gasteiger partial charge in [-0.1, -0.05) is 24.6 Å². The quantitative estimate of drug-likeness (QED) is 0.786. The molecule has 25 heavy (non-hydrogen) atoms. The van der Waals surface area contributed by atoms with Crippen molar-refractivity contribution in [3.63, 3.8) is 0 Å². The summed E-state index contributed by atoms with van der Waals surface area (Å²) in [7, 11) is 0. The normalized spacial score (nSPS) is 24.6. The van der Waals surface area contributed by atoms with Gasteiger partial charge in [0, 0.05) is 36.8 Å². The second-order valence-corrected chi connectivity index (χ2v) is 7.19. The first-order valence-corrected chi connectivity index (χ1v) is 9.29. The van der Waals surface area contributed by atoms with Gasteiger partial charge < -0.3 is 21.3 Å². The Balaban J connectivity index is 1.42. The first-order valence-electron chi connectivity index (χ1n) is 9.29. The first-order chi connectivity index (χ1) is 12.1. The van der Waals surface area contributed by atoms with E-state index in [9.17, 15) is 9.59 Å². The number of hydrogen-bond acceptors (Lipinski definition) is 3. The van der Waals surface area contributed by atoms with Crippen LogP contribution in [0, 0.1) is 5.92 Å². The van der Waals surface area contributed by atoms with E-state index in [1.54, 1.807) is 0 Å². The molecule has 0 spiro atoms. The summed E-state index contributed by atoms with van der Waals surface area (Å²) in [6, 6.07) is 9.49. The molecule has 1 aromatic carbocycles. The molecule has 6 nitrogen and oxygen atoms in total. The average Bonchev–Trinajstić information content (AvgIpc) is 2.62. The number of piperidine rings is 1. The number of nitrogens with zero attached hydrogens (tertiary/aromatic N) is 1. The summed E-state index contributed by atoms with van der Waals surface area (Å²) in [5, 5.41) is 5.84. The molecule has 2 fully saturated rings. The van der Waals surface area contributed by atoms with Crippen LogP contribution in [0.15, 0.2) is 30.3 Å². The van der Waals surface area contributed by atoms with Gasteiger partial charge in [-0.3, -0.25) is 4.79 Å². The van der Waals surface area contributed by atoms with Gasteiger partial charge in [-0.05, 0) is 44.2 Å². The second kappa shape index (κ2) is 8.34. The molecule has 2 unspecified atom stereocenters. The highest BCUT2D eigenvalue weighted by Gasteiger charge is 2.31. The molecule has 1 saturated heterocycles. The zero-order valence-corrected chi connectivity index (χ0v) is 14.6. The van der Waals surface area contributed by atoms with Gasteiger partial charge in [-0.2, -0.15) is 0 Å². The molecule has 2 aliphatic rings. The highest BCUT2D eigenvalue weighted by atomic mass is 16.2. The molecule has 3 rings (SSSR count). The van der Waals surface area contributed by atoms with Gasteiger partial charge in [0.15, 0.2) is 0 Å². The molecule has 0 radical (unpaired) electrons. The zero-order chi connectivity index (χ0) is 17.6.